The number of carbonyl (C=O) groups excluding carboxylic acids is 3. The number of carbonyl (C=O) groups is 3. The van der Waals surface area contributed by atoms with Gasteiger partial charge in [0.2, 0.25) is 11.8 Å². The highest BCUT2D eigenvalue weighted by molar-refractivity contribution is 6.06. The zero-order valence-electron chi connectivity index (χ0n) is 23.6. The van der Waals surface area contributed by atoms with Crippen LogP contribution in [0, 0.1) is 11.8 Å². The second-order valence-electron chi connectivity index (χ2n) is 11.5. The Hall–Kier alpha value is -3.49. The highest BCUT2D eigenvalue weighted by Crippen LogP contribution is 2.64. The van der Waals surface area contributed by atoms with Gasteiger partial charge in [-0.05, 0) is 49.1 Å². The molecule has 3 amide bonds. The molecule has 0 aliphatic carbocycles. The van der Waals surface area contributed by atoms with Crippen LogP contribution in [0.4, 0.5) is 5.69 Å². The van der Waals surface area contributed by atoms with E-state index in [-0.39, 0.29) is 30.9 Å². The average molecular weight is 546 g/mol. The third-order valence-electron chi connectivity index (χ3n) is 9.19. The molecule has 2 unspecified atom stereocenters. The molecule has 8 heteroatoms. The third-order valence-corrected chi connectivity index (χ3v) is 9.19. The standard InChI is InChI=1S/C32H39N3O5/c1-6-17-33(5)28(37)25-26-29(38)35(23(8-3)20-36)27(32(26)16-15-31(25,4)40-32)30(39)34(18-7-2)24-14-13-21-11-9-10-12-22(21)19-24/h6-7,9-14,19,23,25-27,36H,1-2,8,15-18,20H2,3-5H3/t23-,25+,26-,27?,31-,32?/m0/s1. The van der Waals surface area contributed by atoms with Crippen molar-refractivity contribution in [1.82, 2.24) is 9.80 Å². The molecule has 1 N–H and O–H groups in total. The lowest BCUT2D eigenvalue weighted by Gasteiger charge is -2.39. The number of benzene rings is 2. The van der Waals surface area contributed by atoms with Gasteiger partial charge in [0, 0.05) is 25.8 Å². The quantitative estimate of drug-likeness (QED) is 0.462. The minimum atomic E-state index is -1.17. The molecule has 212 valence electrons. The summed E-state index contributed by atoms with van der Waals surface area (Å²) in [6, 6.07) is 12.2. The van der Waals surface area contributed by atoms with E-state index in [1.807, 2.05) is 56.3 Å². The molecule has 6 atom stereocenters. The Morgan fingerprint density at radius 2 is 1.82 bits per heavy atom. The van der Waals surface area contributed by atoms with Gasteiger partial charge in [-0.2, -0.15) is 0 Å². The van der Waals surface area contributed by atoms with Gasteiger partial charge in [0.1, 0.15) is 11.6 Å². The Morgan fingerprint density at radius 3 is 2.48 bits per heavy atom. The Bertz CT molecular complexity index is 1360. The summed E-state index contributed by atoms with van der Waals surface area (Å²) in [5.74, 6) is -2.34. The molecular formula is C32H39N3O5. The van der Waals surface area contributed by atoms with Crippen LogP contribution >= 0.6 is 0 Å². The number of hydrogen-bond acceptors (Lipinski definition) is 5. The molecule has 2 aromatic carbocycles. The van der Waals surface area contributed by atoms with E-state index < -0.39 is 35.1 Å². The zero-order valence-corrected chi connectivity index (χ0v) is 23.6. The highest BCUT2D eigenvalue weighted by Gasteiger charge is 2.78. The molecule has 2 bridgehead atoms. The van der Waals surface area contributed by atoms with E-state index >= 15 is 0 Å². The third kappa shape index (κ3) is 4.08. The number of likely N-dealkylation sites (N-methyl/N-ethyl adjacent to an activating group) is 1. The summed E-state index contributed by atoms with van der Waals surface area (Å²) in [6.45, 7) is 11.7. The van der Waals surface area contributed by atoms with Crippen LogP contribution < -0.4 is 4.90 Å². The van der Waals surface area contributed by atoms with Crippen LogP contribution in [0.5, 0.6) is 0 Å². The molecule has 5 rings (SSSR count). The summed E-state index contributed by atoms with van der Waals surface area (Å²) in [6.07, 6.45) is 4.80. The van der Waals surface area contributed by atoms with Crippen molar-refractivity contribution in [3.63, 3.8) is 0 Å². The maximum Gasteiger partial charge on any atom is 0.253 e. The lowest BCUT2D eigenvalue weighted by atomic mass is 9.66. The minimum absolute atomic E-state index is 0.190. The van der Waals surface area contributed by atoms with Crippen LogP contribution in [0.25, 0.3) is 10.8 Å². The molecular weight excluding hydrogens is 506 g/mol. The van der Waals surface area contributed by atoms with Gasteiger partial charge in [0.15, 0.2) is 0 Å². The topological polar surface area (TPSA) is 90.4 Å². The van der Waals surface area contributed by atoms with Crippen molar-refractivity contribution in [2.24, 2.45) is 11.8 Å². The molecule has 1 spiro atoms. The summed E-state index contributed by atoms with van der Waals surface area (Å²) >= 11 is 0. The molecule has 3 saturated heterocycles. The van der Waals surface area contributed by atoms with Crippen LogP contribution in [-0.4, -0.2) is 82.7 Å². The fraction of sp³-hybridized carbons (Fsp3) is 0.469. The van der Waals surface area contributed by atoms with Crippen molar-refractivity contribution in [2.45, 2.75) is 56.4 Å². The Morgan fingerprint density at radius 1 is 1.12 bits per heavy atom. The van der Waals surface area contributed by atoms with Crippen molar-refractivity contribution >= 4 is 34.2 Å². The fourth-order valence-corrected chi connectivity index (χ4v) is 7.29. The SMILES string of the molecule is C=CCN(C)C(=O)[C@H]1[C@H]2C(=O)N([C@@H](CC)CO)C(C(=O)N(CC=C)c3ccc4ccccc4c3)C23CC[C@]1(C)O3. The molecule has 40 heavy (non-hydrogen) atoms. The molecule has 0 radical (unpaired) electrons. The maximum atomic E-state index is 14.7. The molecule has 3 fully saturated rings. The van der Waals surface area contributed by atoms with Crippen LogP contribution in [0.1, 0.15) is 33.1 Å². The number of nitrogens with zero attached hydrogens (tertiary/aromatic N) is 3. The first-order valence-electron chi connectivity index (χ1n) is 14.1. The number of anilines is 1. The molecule has 0 aromatic heterocycles. The zero-order chi connectivity index (χ0) is 28.8. The summed E-state index contributed by atoms with van der Waals surface area (Å²) in [4.78, 5) is 47.5. The summed E-state index contributed by atoms with van der Waals surface area (Å²) in [5.41, 5.74) is -1.35. The van der Waals surface area contributed by atoms with Crippen molar-refractivity contribution in [3.05, 3.63) is 67.8 Å². The van der Waals surface area contributed by atoms with Gasteiger partial charge in [0.25, 0.3) is 5.91 Å². The second kappa shape index (κ2) is 10.5. The molecule has 0 saturated carbocycles. The molecule has 3 heterocycles. The lowest BCUT2D eigenvalue weighted by molar-refractivity contribution is -0.151. The summed E-state index contributed by atoms with van der Waals surface area (Å²) < 4.78 is 6.75. The van der Waals surface area contributed by atoms with E-state index in [1.165, 1.54) is 4.90 Å². The first kappa shape index (κ1) is 28.1. The van der Waals surface area contributed by atoms with Crippen LogP contribution in [0.3, 0.4) is 0 Å². The molecule has 3 aliphatic rings. The normalized spacial score (nSPS) is 29.4. The smallest absolute Gasteiger partial charge is 0.253 e. The molecule has 2 aromatic rings. The fourth-order valence-electron chi connectivity index (χ4n) is 7.29. The van der Waals surface area contributed by atoms with Gasteiger partial charge < -0.3 is 24.5 Å². The van der Waals surface area contributed by atoms with Gasteiger partial charge in [0.05, 0.1) is 30.1 Å². The van der Waals surface area contributed by atoms with Crippen LogP contribution in [-0.2, 0) is 19.1 Å². The maximum absolute atomic E-state index is 14.7. The predicted octanol–water partition coefficient (Wildman–Crippen LogP) is 3.54. The van der Waals surface area contributed by atoms with E-state index in [1.54, 1.807) is 29.0 Å². The number of amides is 3. The number of likely N-dealkylation sites (tertiary alicyclic amines) is 1. The molecule has 8 nitrogen and oxygen atoms in total. The van der Waals surface area contributed by atoms with Crippen molar-refractivity contribution in [3.8, 4) is 0 Å². The van der Waals surface area contributed by atoms with Gasteiger partial charge in [-0.1, -0.05) is 49.4 Å². The Labute approximate surface area is 235 Å². The van der Waals surface area contributed by atoms with E-state index in [2.05, 4.69) is 13.2 Å². The number of aliphatic hydroxyl groups excluding tert-OH is 1. The number of rotatable bonds is 10. The first-order valence-corrected chi connectivity index (χ1v) is 14.1. The monoisotopic (exact) mass is 545 g/mol. The Kier molecular flexibility index (Phi) is 7.35. The number of fused-ring (bicyclic) bond motifs is 2. The number of hydrogen-bond donors (Lipinski definition) is 1. The largest absolute Gasteiger partial charge is 0.394 e. The summed E-state index contributed by atoms with van der Waals surface area (Å²) in [7, 11) is 1.69. The first-order chi connectivity index (χ1) is 19.2. The number of ether oxygens (including phenoxy) is 1. The van der Waals surface area contributed by atoms with Gasteiger partial charge in [-0.25, -0.2) is 0 Å². The van der Waals surface area contributed by atoms with Crippen molar-refractivity contribution < 1.29 is 24.2 Å². The average Bonchev–Trinajstić information content (AvgIpc) is 3.52. The summed E-state index contributed by atoms with van der Waals surface area (Å²) in [5, 5.41) is 12.4. The van der Waals surface area contributed by atoms with Gasteiger partial charge in [-0.15, -0.1) is 13.2 Å². The minimum Gasteiger partial charge on any atom is -0.394 e. The van der Waals surface area contributed by atoms with Crippen molar-refractivity contribution in [2.75, 3.05) is 31.6 Å². The lowest BCUT2D eigenvalue weighted by Crippen LogP contribution is -2.59. The van der Waals surface area contributed by atoms with E-state index in [9.17, 15) is 19.5 Å². The van der Waals surface area contributed by atoms with Gasteiger partial charge >= 0.3 is 0 Å². The van der Waals surface area contributed by atoms with E-state index in [0.717, 1.165) is 10.8 Å². The second-order valence-corrected chi connectivity index (χ2v) is 11.5. The van der Waals surface area contributed by atoms with Crippen molar-refractivity contribution in [1.29, 1.82) is 0 Å². The predicted molar refractivity (Wildman–Crippen MR) is 155 cm³/mol. The number of aliphatic hydroxyl groups is 1. The van der Waals surface area contributed by atoms with Crippen LogP contribution in [0.2, 0.25) is 0 Å². The van der Waals surface area contributed by atoms with E-state index in [4.69, 9.17) is 4.74 Å². The molecule has 3 aliphatic heterocycles. The Balaban J connectivity index is 1.62. The van der Waals surface area contributed by atoms with Gasteiger partial charge in [-0.3, -0.25) is 14.4 Å². The highest BCUT2D eigenvalue weighted by atomic mass is 16.5. The van der Waals surface area contributed by atoms with E-state index in [0.29, 0.717) is 31.5 Å². The van der Waals surface area contributed by atoms with Crippen LogP contribution in [0.15, 0.2) is 67.8 Å².